The predicted molar refractivity (Wildman–Crippen MR) is 60.2 cm³/mol. The second-order valence-electron chi connectivity index (χ2n) is 3.45. The summed E-state index contributed by atoms with van der Waals surface area (Å²) in [6.07, 6.45) is 0. The molecule has 0 aliphatic carbocycles. The molecule has 0 saturated carbocycles. The highest BCUT2D eigenvalue weighted by atomic mass is 35.5. The van der Waals surface area contributed by atoms with Crippen LogP contribution in [-0.2, 0) is 7.05 Å². The van der Waals surface area contributed by atoms with Gasteiger partial charge < -0.3 is 4.74 Å². The maximum Gasteiger partial charge on any atom is 0.388 e. The van der Waals surface area contributed by atoms with Gasteiger partial charge in [0.15, 0.2) is 0 Å². The molecule has 0 bridgehead atoms. The third-order valence-corrected chi connectivity index (χ3v) is 2.61. The summed E-state index contributed by atoms with van der Waals surface area (Å²) >= 11 is 5.87. The molecule has 0 fully saturated rings. The molecular formula is C11H8ClF3N2O. The smallest absolute Gasteiger partial charge is 0.388 e. The third-order valence-electron chi connectivity index (χ3n) is 2.27. The summed E-state index contributed by atoms with van der Waals surface area (Å²) in [7, 11) is 1.38. The number of rotatable bonds is 3. The van der Waals surface area contributed by atoms with Crippen LogP contribution in [0.3, 0.4) is 0 Å². The zero-order chi connectivity index (χ0) is 13.3. The SMILES string of the molecule is Cn1nc(-c2ccccc2F)c(Cl)c1OC(F)F. The van der Waals surface area contributed by atoms with Gasteiger partial charge in [0.1, 0.15) is 16.5 Å². The average molecular weight is 277 g/mol. The number of aryl methyl sites for hydroxylation is 1. The minimum Gasteiger partial charge on any atom is -0.416 e. The Morgan fingerprint density at radius 3 is 2.61 bits per heavy atom. The molecule has 7 heteroatoms. The Labute approximate surface area is 106 Å². The number of nitrogens with zero attached hydrogens (tertiary/aromatic N) is 2. The fraction of sp³-hybridized carbons (Fsp3) is 0.182. The van der Waals surface area contributed by atoms with Crippen LogP contribution in [0.25, 0.3) is 11.3 Å². The molecule has 0 aliphatic heterocycles. The van der Waals surface area contributed by atoms with Crippen molar-refractivity contribution < 1.29 is 17.9 Å². The highest BCUT2D eigenvalue weighted by Gasteiger charge is 2.21. The lowest BCUT2D eigenvalue weighted by Gasteiger charge is -2.03. The molecule has 2 rings (SSSR count). The first-order valence-electron chi connectivity index (χ1n) is 4.93. The van der Waals surface area contributed by atoms with Crippen LogP contribution in [0.2, 0.25) is 5.02 Å². The van der Waals surface area contributed by atoms with Gasteiger partial charge in [-0.25, -0.2) is 9.07 Å². The van der Waals surface area contributed by atoms with Crippen molar-refractivity contribution in [3.05, 3.63) is 35.1 Å². The standard InChI is InChI=1S/C11H8ClF3N2O/c1-17-10(18-11(14)15)8(12)9(16-17)6-4-2-3-5-7(6)13/h2-5,11H,1H3. The van der Waals surface area contributed by atoms with E-state index >= 15 is 0 Å². The van der Waals surface area contributed by atoms with Crippen LogP contribution in [-0.4, -0.2) is 16.4 Å². The van der Waals surface area contributed by atoms with Gasteiger partial charge in [-0.2, -0.15) is 13.9 Å². The van der Waals surface area contributed by atoms with Gasteiger partial charge in [0, 0.05) is 12.6 Å². The first kappa shape index (κ1) is 12.8. The van der Waals surface area contributed by atoms with E-state index in [1.807, 2.05) is 0 Å². The van der Waals surface area contributed by atoms with E-state index in [1.165, 1.54) is 25.2 Å². The van der Waals surface area contributed by atoms with Crippen LogP contribution in [0.4, 0.5) is 13.2 Å². The van der Waals surface area contributed by atoms with E-state index in [4.69, 9.17) is 11.6 Å². The second-order valence-corrected chi connectivity index (χ2v) is 3.83. The van der Waals surface area contributed by atoms with Crippen LogP contribution >= 0.6 is 11.6 Å². The lowest BCUT2D eigenvalue weighted by Crippen LogP contribution is -2.06. The van der Waals surface area contributed by atoms with Crippen molar-refractivity contribution in [3.63, 3.8) is 0 Å². The summed E-state index contributed by atoms with van der Waals surface area (Å²) < 4.78 is 43.2. The lowest BCUT2D eigenvalue weighted by molar-refractivity contribution is -0.0552. The monoisotopic (exact) mass is 276 g/mol. The summed E-state index contributed by atoms with van der Waals surface area (Å²) in [5, 5.41) is 3.73. The highest BCUT2D eigenvalue weighted by Crippen LogP contribution is 2.36. The first-order valence-corrected chi connectivity index (χ1v) is 5.30. The molecule has 3 nitrogen and oxygen atoms in total. The molecule has 0 spiro atoms. The largest absolute Gasteiger partial charge is 0.416 e. The quantitative estimate of drug-likeness (QED) is 0.858. The molecule has 0 aliphatic rings. The van der Waals surface area contributed by atoms with E-state index in [-0.39, 0.29) is 22.2 Å². The Morgan fingerprint density at radius 1 is 1.33 bits per heavy atom. The van der Waals surface area contributed by atoms with Gasteiger partial charge in [-0.3, -0.25) is 0 Å². The second kappa shape index (κ2) is 4.89. The van der Waals surface area contributed by atoms with Crippen molar-refractivity contribution in [1.82, 2.24) is 9.78 Å². The van der Waals surface area contributed by atoms with Crippen molar-refractivity contribution in [2.75, 3.05) is 0 Å². The van der Waals surface area contributed by atoms with Crippen LogP contribution in [0, 0.1) is 5.82 Å². The number of alkyl halides is 2. The van der Waals surface area contributed by atoms with E-state index in [9.17, 15) is 13.2 Å². The summed E-state index contributed by atoms with van der Waals surface area (Å²) in [6.45, 7) is -3.02. The molecule has 96 valence electrons. The molecule has 2 aromatic rings. The molecule has 0 radical (unpaired) electrons. The lowest BCUT2D eigenvalue weighted by atomic mass is 10.1. The normalized spacial score (nSPS) is 11.0. The Morgan fingerprint density at radius 2 is 2.00 bits per heavy atom. The van der Waals surface area contributed by atoms with E-state index in [2.05, 4.69) is 9.84 Å². The van der Waals surface area contributed by atoms with Gasteiger partial charge in [0.2, 0.25) is 5.88 Å². The number of ether oxygens (including phenoxy) is 1. The van der Waals surface area contributed by atoms with Crippen molar-refractivity contribution in [2.24, 2.45) is 7.05 Å². The van der Waals surface area contributed by atoms with Crippen LogP contribution in [0.1, 0.15) is 0 Å². The fourth-order valence-electron chi connectivity index (χ4n) is 1.52. The molecule has 1 aromatic heterocycles. The van der Waals surface area contributed by atoms with E-state index in [1.54, 1.807) is 6.07 Å². The topological polar surface area (TPSA) is 27.1 Å². The fourth-order valence-corrected chi connectivity index (χ4v) is 1.83. The van der Waals surface area contributed by atoms with E-state index in [0.717, 1.165) is 4.68 Å². The highest BCUT2D eigenvalue weighted by molar-refractivity contribution is 6.34. The molecule has 0 amide bonds. The van der Waals surface area contributed by atoms with Gasteiger partial charge in [-0.15, -0.1) is 0 Å². The zero-order valence-electron chi connectivity index (χ0n) is 9.20. The number of hydrogen-bond donors (Lipinski definition) is 0. The van der Waals surface area contributed by atoms with Gasteiger partial charge in [0.05, 0.1) is 0 Å². The van der Waals surface area contributed by atoms with Gasteiger partial charge >= 0.3 is 6.61 Å². The Bertz CT molecular complexity index is 571. The van der Waals surface area contributed by atoms with Gasteiger partial charge in [-0.05, 0) is 12.1 Å². The molecule has 0 saturated heterocycles. The van der Waals surface area contributed by atoms with Gasteiger partial charge in [-0.1, -0.05) is 23.7 Å². The molecule has 18 heavy (non-hydrogen) atoms. The third kappa shape index (κ3) is 2.28. The van der Waals surface area contributed by atoms with Crippen LogP contribution in [0.5, 0.6) is 5.88 Å². The van der Waals surface area contributed by atoms with Crippen molar-refractivity contribution >= 4 is 11.6 Å². The number of benzene rings is 1. The molecule has 1 heterocycles. The zero-order valence-corrected chi connectivity index (χ0v) is 9.96. The number of hydrogen-bond acceptors (Lipinski definition) is 2. The molecule has 0 N–H and O–H groups in total. The summed E-state index contributed by atoms with van der Waals surface area (Å²) in [5.41, 5.74) is 0.190. The molecule has 1 aromatic carbocycles. The summed E-state index contributed by atoms with van der Waals surface area (Å²) in [5.74, 6) is -0.842. The molecule has 0 atom stereocenters. The van der Waals surface area contributed by atoms with Crippen molar-refractivity contribution in [3.8, 4) is 17.1 Å². The minimum absolute atomic E-state index is 0.0629. The van der Waals surface area contributed by atoms with Crippen molar-refractivity contribution in [1.29, 1.82) is 0 Å². The Kier molecular flexibility index (Phi) is 3.47. The van der Waals surface area contributed by atoms with Crippen LogP contribution in [0.15, 0.2) is 24.3 Å². The molecule has 0 unspecified atom stereocenters. The number of halogens is 4. The van der Waals surface area contributed by atoms with Gasteiger partial charge in [0.25, 0.3) is 0 Å². The van der Waals surface area contributed by atoms with Crippen molar-refractivity contribution in [2.45, 2.75) is 6.61 Å². The van der Waals surface area contributed by atoms with Crippen LogP contribution < -0.4 is 4.74 Å². The Hall–Kier alpha value is -1.69. The predicted octanol–water partition coefficient (Wildman–Crippen LogP) is 3.48. The Balaban J connectivity index is 2.51. The summed E-state index contributed by atoms with van der Waals surface area (Å²) in [4.78, 5) is 0. The number of aromatic nitrogens is 2. The summed E-state index contributed by atoms with van der Waals surface area (Å²) in [6, 6.07) is 5.78. The maximum atomic E-state index is 13.6. The average Bonchev–Trinajstić information content (AvgIpc) is 2.57. The minimum atomic E-state index is -3.02. The molecular weight excluding hydrogens is 269 g/mol. The first-order chi connectivity index (χ1) is 8.50. The van der Waals surface area contributed by atoms with E-state index < -0.39 is 12.4 Å². The maximum absolute atomic E-state index is 13.6. The van der Waals surface area contributed by atoms with E-state index in [0.29, 0.717) is 0 Å².